The number of rotatable bonds is 3. The van der Waals surface area contributed by atoms with E-state index in [2.05, 4.69) is 15.2 Å². The first kappa shape index (κ1) is 13.0. The van der Waals surface area contributed by atoms with Gasteiger partial charge < -0.3 is 5.73 Å². The molecule has 6 heteroatoms. The zero-order valence-corrected chi connectivity index (χ0v) is 10.1. The minimum absolute atomic E-state index is 0.258. The maximum atomic E-state index is 5.77. The molecule has 2 aromatic rings. The molecule has 0 saturated heterocycles. The van der Waals surface area contributed by atoms with Crippen molar-refractivity contribution in [1.82, 2.24) is 15.2 Å². The average molecular weight is 234 g/mol. The molecule has 0 radical (unpaired) electrons. The first-order valence-corrected chi connectivity index (χ1v) is 5.50. The van der Waals surface area contributed by atoms with Gasteiger partial charge in [0.2, 0.25) is 5.95 Å². The van der Waals surface area contributed by atoms with Gasteiger partial charge in [-0.2, -0.15) is 4.98 Å². The van der Waals surface area contributed by atoms with Crippen LogP contribution in [0.5, 0.6) is 0 Å². The van der Waals surface area contributed by atoms with E-state index in [1.807, 2.05) is 44.2 Å². The van der Waals surface area contributed by atoms with Gasteiger partial charge >= 0.3 is 0 Å². The van der Waals surface area contributed by atoms with Crippen LogP contribution in [-0.4, -0.2) is 15.2 Å². The van der Waals surface area contributed by atoms with Gasteiger partial charge in [0.05, 0.1) is 6.54 Å². The Labute approximate surface area is 101 Å². The molecule has 0 atom stereocenters. The Morgan fingerprint density at radius 1 is 1.24 bits per heavy atom. The predicted octanol–water partition coefficient (Wildman–Crippen LogP) is 1.29. The molecule has 0 aliphatic rings. The van der Waals surface area contributed by atoms with E-state index >= 15 is 0 Å². The van der Waals surface area contributed by atoms with Gasteiger partial charge in [-0.25, -0.2) is 10.9 Å². The molecular formula is C11H18N6. The van der Waals surface area contributed by atoms with E-state index in [0.29, 0.717) is 12.5 Å². The summed E-state index contributed by atoms with van der Waals surface area (Å²) >= 11 is 0. The third-order valence-corrected chi connectivity index (χ3v) is 1.94. The Morgan fingerprint density at radius 2 is 1.88 bits per heavy atom. The van der Waals surface area contributed by atoms with Crippen molar-refractivity contribution < 1.29 is 0 Å². The molecule has 0 saturated carbocycles. The maximum Gasteiger partial charge on any atom is 0.260 e. The SMILES string of the molecule is CC.Nc1nc(N(N)Cc2ccccc2)n[nH]1. The summed E-state index contributed by atoms with van der Waals surface area (Å²) in [5.41, 5.74) is 6.48. The van der Waals surface area contributed by atoms with E-state index in [0.717, 1.165) is 5.56 Å². The van der Waals surface area contributed by atoms with Crippen LogP contribution in [0.15, 0.2) is 30.3 Å². The molecule has 1 heterocycles. The summed E-state index contributed by atoms with van der Waals surface area (Å²) in [5, 5.41) is 7.81. The summed E-state index contributed by atoms with van der Waals surface area (Å²) in [5.74, 6) is 6.42. The number of aromatic amines is 1. The Hall–Kier alpha value is -2.08. The van der Waals surface area contributed by atoms with Crippen molar-refractivity contribution in [3.05, 3.63) is 35.9 Å². The van der Waals surface area contributed by atoms with Crippen LogP contribution in [0.4, 0.5) is 11.9 Å². The molecule has 1 aromatic carbocycles. The van der Waals surface area contributed by atoms with Crippen molar-refractivity contribution in [3.63, 3.8) is 0 Å². The maximum absolute atomic E-state index is 5.77. The van der Waals surface area contributed by atoms with Crippen molar-refractivity contribution in [3.8, 4) is 0 Å². The minimum atomic E-state index is 0.258. The third-order valence-electron chi connectivity index (χ3n) is 1.94. The van der Waals surface area contributed by atoms with Crippen molar-refractivity contribution >= 4 is 11.9 Å². The van der Waals surface area contributed by atoms with Gasteiger partial charge in [0, 0.05) is 0 Å². The van der Waals surface area contributed by atoms with Gasteiger partial charge in [-0.05, 0) is 5.56 Å². The number of nitrogens with two attached hydrogens (primary N) is 2. The van der Waals surface area contributed by atoms with Gasteiger partial charge in [-0.3, -0.25) is 5.01 Å². The van der Waals surface area contributed by atoms with Crippen LogP contribution in [0.3, 0.4) is 0 Å². The molecule has 2 rings (SSSR count). The van der Waals surface area contributed by atoms with Crippen molar-refractivity contribution in [2.75, 3.05) is 10.7 Å². The average Bonchev–Trinajstić information content (AvgIpc) is 2.80. The highest BCUT2D eigenvalue weighted by atomic mass is 15.5. The van der Waals surface area contributed by atoms with Crippen LogP contribution in [0.2, 0.25) is 0 Å². The number of aromatic nitrogens is 3. The summed E-state index contributed by atoms with van der Waals surface area (Å²) < 4.78 is 0. The van der Waals surface area contributed by atoms with Gasteiger partial charge in [0.15, 0.2) is 0 Å². The first-order chi connectivity index (χ1) is 8.25. The number of nitrogens with zero attached hydrogens (tertiary/aromatic N) is 3. The standard InChI is InChI=1S/C9H12N6.C2H6/c10-8-12-9(14-13-8)15(11)6-7-4-2-1-3-5-7;1-2/h1-5H,6,11H2,(H3,10,12,13,14);1-2H3. The number of nitrogen functional groups attached to an aromatic ring is 1. The Morgan fingerprint density at radius 3 is 2.41 bits per heavy atom. The number of nitrogens with one attached hydrogen (secondary N) is 1. The number of H-pyrrole nitrogens is 1. The second-order valence-corrected chi connectivity index (χ2v) is 3.13. The molecule has 0 amide bonds. The quantitative estimate of drug-likeness (QED) is 0.549. The molecule has 0 bridgehead atoms. The van der Waals surface area contributed by atoms with E-state index in [1.165, 1.54) is 5.01 Å². The van der Waals surface area contributed by atoms with Gasteiger partial charge in [0.25, 0.3) is 5.95 Å². The molecule has 6 nitrogen and oxygen atoms in total. The van der Waals surface area contributed by atoms with Crippen molar-refractivity contribution in [2.24, 2.45) is 5.84 Å². The number of hydrogen-bond donors (Lipinski definition) is 3. The Balaban J connectivity index is 0.000000686. The summed E-state index contributed by atoms with van der Waals surface area (Å²) in [7, 11) is 0. The predicted molar refractivity (Wildman–Crippen MR) is 69.0 cm³/mol. The van der Waals surface area contributed by atoms with Crippen LogP contribution in [0, 0.1) is 0 Å². The molecule has 92 valence electrons. The zero-order chi connectivity index (χ0) is 12.7. The van der Waals surface area contributed by atoms with Gasteiger partial charge in [0.1, 0.15) is 0 Å². The highest BCUT2D eigenvalue weighted by Crippen LogP contribution is 2.08. The molecule has 5 N–H and O–H groups in total. The summed E-state index contributed by atoms with van der Waals surface area (Å²) in [6, 6.07) is 9.83. The number of hydrazine groups is 1. The van der Waals surface area contributed by atoms with Crippen molar-refractivity contribution in [2.45, 2.75) is 20.4 Å². The molecule has 0 spiro atoms. The Bertz CT molecular complexity index is 425. The van der Waals surface area contributed by atoms with Crippen molar-refractivity contribution in [1.29, 1.82) is 0 Å². The minimum Gasteiger partial charge on any atom is -0.368 e. The fourth-order valence-corrected chi connectivity index (χ4v) is 1.24. The highest BCUT2D eigenvalue weighted by Gasteiger charge is 2.07. The van der Waals surface area contributed by atoms with E-state index in [-0.39, 0.29) is 5.95 Å². The second kappa shape index (κ2) is 6.49. The molecular weight excluding hydrogens is 216 g/mol. The van der Waals surface area contributed by atoms with Crippen LogP contribution in [-0.2, 0) is 6.54 Å². The van der Waals surface area contributed by atoms with Gasteiger partial charge in [-0.15, -0.1) is 5.10 Å². The Kier molecular flexibility index (Phi) is 4.96. The van der Waals surface area contributed by atoms with E-state index < -0.39 is 0 Å². The monoisotopic (exact) mass is 234 g/mol. The van der Waals surface area contributed by atoms with Gasteiger partial charge in [-0.1, -0.05) is 44.2 Å². The van der Waals surface area contributed by atoms with E-state index in [1.54, 1.807) is 0 Å². The molecule has 17 heavy (non-hydrogen) atoms. The van der Waals surface area contributed by atoms with Crippen LogP contribution >= 0.6 is 0 Å². The smallest absolute Gasteiger partial charge is 0.260 e. The highest BCUT2D eigenvalue weighted by molar-refractivity contribution is 5.33. The van der Waals surface area contributed by atoms with E-state index in [4.69, 9.17) is 11.6 Å². The lowest BCUT2D eigenvalue weighted by atomic mass is 10.2. The number of anilines is 2. The lowest BCUT2D eigenvalue weighted by Gasteiger charge is -2.13. The zero-order valence-electron chi connectivity index (χ0n) is 10.1. The molecule has 0 aliphatic heterocycles. The molecule has 0 unspecified atom stereocenters. The lowest BCUT2D eigenvalue weighted by Crippen LogP contribution is -2.31. The number of hydrogen-bond acceptors (Lipinski definition) is 5. The fraction of sp³-hybridized carbons (Fsp3) is 0.273. The topological polar surface area (TPSA) is 96.8 Å². The van der Waals surface area contributed by atoms with Crippen LogP contribution in [0.1, 0.15) is 19.4 Å². The summed E-state index contributed by atoms with van der Waals surface area (Å²) in [6.07, 6.45) is 0. The first-order valence-electron chi connectivity index (χ1n) is 5.50. The molecule has 1 aromatic heterocycles. The van der Waals surface area contributed by atoms with E-state index in [9.17, 15) is 0 Å². The third kappa shape index (κ3) is 3.76. The molecule has 0 aliphatic carbocycles. The second-order valence-electron chi connectivity index (χ2n) is 3.13. The number of benzene rings is 1. The summed E-state index contributed by atoms with van der Waals surface area (Å²) in [6.45, 7) is 4.54. The van der Waals surface area contributed by atoms with Crippen LogP contribution in [0.25, 0.3) is 0 Å². The van der Waals surface area contributed by atoms with Crippen LogP contribution < -0.4 is 16.6 Å². The fourth-order valence-electron chi connectivity index (χ4n) is 1.24. The lowest BCUT2D eigenvalue weighted by molar-refractivity contribution is 0.811. The largest absolute Gasteiger partial charge is 0.368 e. The summed E-state index contributed by atoms with van der Waals surface area (Å²) in [4.78, 5) is 3.92. The normalized spacial score (nSPS) is 9.35. The molecule has 0 fully saturated rings.